The van der Waals surface area contributed by atoms with E-state index in [1.54, 1.807) is 36.4 Å². The third-order valence-electron chi connectivity index (χ3n) is 6.08. The first kappa shape index (κ1) is 27.7. The Morgan fingerprint density at radius 1 is 0.946 bits per heavy atom. The van der Waals surface area contributed by atoms with Gasteiger partial charge in [0.05, 0.1) is 17.7 Å². The summed E-state index contributed by atoms with van der Waals surface area (Å²) in [6.45, 7) is 3.36. The summed E-state index contributed by atoms with van der Waals surface area (Å²) < 4.78 is 33.9. The maximum Gasteiger partial charge on any atom is 0.264 e. The number of nitrogens with one attached hydrogen (secondary N) is 1. The van der Waals surface area contributed by atoms with Crippen molar-refractivity contribution in [3.63, 3.8) is 0 Å². The quantitative estimate of drug-likeness (QED) is 0.413. The molecule has 8 nitrogen and oxygen atoms in total. The van der Waals surface area contributed by atoms with E-state index in [-0.39, 0.29) is 17.3 Å². The summed E-state index contributed by atoms with van der Waals surface area (Å²) in [5, 5.41) is 2.62. The highest BCUT2D eigenvalue weighted by atomic mass is 32.2. The lowest BCUT2D eigenvalue weighted by Gasteiger charge is -2.33. The van der Waals surface area contributed by atoms with Gasteiger partial charge in [-0.3, -0.25) is 13.9 Å². The third-order valence-corrected chi connectivity index (χ3v) is 7.86. The highest BCUT2D eigenvalue weighted by molar-refractivity contribution is 7.92. The van der Waals surface area contributed by atoms with E-state index in [1.807, 2.05) is 44.2 Å². The number of sulfonamides is 1. The largest absolute Gasteiger partial charge is 0.497 e. The summed E-state index contributed by atoms with van der Waals surface area (Å²) in [5.41, 5.74) is 2.05. The molecule has 0 aliphatic carbocycles. The molecule has 0 aromatic heterocycles. The van der Waals surface area contributed by atoms with Gasteiger partial charge in [0.1, 0.15) is 18.3 Å². The molecular formula is C28H33N3O5S. The summed E-state index contributed by atoms with van der Waals surface area (Å²) in [7, 11) is -1.07. The lowest BCUT2D eigenvalue weighted by molar-refractivity contribution is -0.140. The standard InChI is InChI=1S/C28H33N3O5S/c1-5-26(28(33)29-3)30(19-22-9-7-6-8-10-22)27(32)20-31(23-13-15-24(36-4)16-14-23)37(34,35)25-17-11-21(2)12-18-25/h6-18,26H,5,19-20H2,1-4H3,(H,29,33)/t26-/m0/s1. The van der Waals surface area contributed by atoms with Crippen molar-refractivity contribution in [2.24, 2.45) is 0 Å². The maximum absolute atomic E-state index is 13.8. The zero-order chi connectivity index (χ0) is 27.0. The molecule has 196 valence electrons. The summed E-state index contributed by atoms with van der Waals surface area (Å²) in [6, 6.07) is 21.4. The van der Waals surface area contributed by atoms with Gasteiger partial charge in [0, 0.05) is 13.6 Å². The van der Waals surface area contributed by atoms with Crippen molar-refractivity contribution in [2.75, 3.05) is 25.0 Å². The molecule has 1 atom stereocenters. The van der Waals surface area contributed by atoms with Crippen LogP contribution < -0.4 is 14.4 Å². The number of anilines is 1. The number of aryl methyl sites for hydroxylation is 1. The predicted molar refractivity (Wildman–Crippen MR) is 144 cm³/mol. The van der Waals surface area contributed by atoms with Gasteiger partial charge in [0.2, 0.25) is 11.8 Å². The number of rotatable bonds is 11. The Labute approximate surface area is 218 Å². The normalized spacial score (nSPS) is 11.9. The van der Waals surface area contributed by atoms with E-state index in [2.05, 4.69) is 5.32 Å². The van der Waals surface area contributed by atoms with Crippen LogP contribution in [0.15, 0.2) is 83.8 Å². The molecule has 0 aliphatic rings. The van der Waals surface area contributed by atoms with Gasteiger partial charge in [-0.05, 0) is 55.3 Å². The van der Waals surface area contributed by atoms with Gasteiger partial charge in [0.15, 0.2) is 0 Å². The minimum atomic E-state index is -4.11. The highest BCUT2D eigenvalue weighted by Crippen LogP contribution is 2.27. The molecule has 1 N–H and O–H groups in total. The fourth-order valence-electron chi connectivity index (χ4n) is 3.98. The molecule has 2 amide bonds. The van der Waals surface area contributed by atoms with Crippen molar-refractivity contribution in [1.82, 2.24) is 10.2 Å². The van der Waals surface area contributed by atoms with Gasteiger partial charge in [-0.25, -0.2) is 8.42 Å². The Bertz CT molecular complexity index is 1290. The van der Waals surface area contributed by atoms with Gasteiger partial charge < -0.3 is 15.0 Å². The second kappa shape index (κ2) is 12.4. The summed E-state index contributed by atoms with van der Waals surface area (Å²) in [4.78, 5) is 28.0. The molecule has 0 heterocycles. The van der Waals surface area contributed by atoms with Crippen LogP contribution in [0.25, 0.3) is 0 Å². The summed E-state index contributed by atoms with van der Waals surface area (Å²) >= 11 is 0. The second-order valence-corrected chi connectivity index (χ2v) is 10.4. The van der Waals surface area contributed by atoms with E-state index in [9.17, 15) is 18.0 Å². The molecule has 0 fully saturated rings. The Morgan fingerprint density at radius 2 is 1.57 bits per heavy atom. The fraction of sp³-hybridized carbons (Fsp3) is 0.286. The SMILES string of the molecule is CC[C@@H](C(=O)NC)N(Cc1ccccc1)C(=O)CN(c1ccc(OC)cc1)S(=O)(=O)c1ccc(C)cc1. The van der Waals surface area contributed by atoms with Crippen LogP contribution in [0, 0.1) is 6.92 Å². The van der Waals surface area contributed by atoms with Crippen LogP contribution in [0.2, 0.25) is 0 Å². The van der Waals surface area contributed by atoms with Gasteiger partial charge in [-0.2, -0.15) is 0 Å². The van der Waals surface area contributed by atoms with E-state index in [1.165, 1.54) is 31.2 Å². The number of hydrogen-bond acceptors (Lipinski definition) is 5. The lowest BCUT2D eigenvalue weighted by Crippen LogP contribution is -2.51. The van der Waals surface area contributed by atoms with Crippen molar-refractivity contribution in [1.29, 1.82) is 0 Å². The van der Waals surface area contributed by atoms with E-state index in [0.29, 0.717) is 17.9 Å². The predicted octanol–water partition coefficient (Wildman–Crippen LogP) is 3.75. The van der Waals surface area contributed by atoms with Crippen molar-refractivity contribution in [2.45, 2.75) is 37.8 Å². The Hall–Kier alpha value is -3.85. The molecule has 3 rings (SSSR count). The van der Waals surface area contributed by atoms with Gasteiger partial charge >= 0.3 is 0 Å². The van der Waals surface area contributed by atoms with Crippen LogP contribution in [0.3, 0.4) is 0 Å². The second-order valence-electron chi connectivity index (χ2n) is 8.57. The minimum Gasteiger partial charge on any atom is -0.497 e. The van der Waals surface area contributed by atoms with Gasteiger partial charge in [-0.1, -0.05) is 55.0 Å². The monoisotopic (exact) mass is 523 g/mol. The number of benzene rings is 3. The summed E-state index contributed by atoms with van der Waals surface area (Å²) in [5.74, 6) is -0.255. The molecule has 0 radical (unpaired) electrons. The number of nitrogens with zero attached hydrogens (tertiary/aromatic N) is 2. The van der Waals surface area contributed by atoms with Crippen molar-refractivity contribution in [3.05, 3.63) is 90.0 Å². The Morgan fingerprint density at radius 3 is 2.11 bits per heavy atom. The van der Waals surface area contributed by atoms with E-state index < -0.39 is 28.5 Å². The highest BCUT2D eigenvalue weighted by Gasteiger charge is 2.33. The van der Waals surface area contributed by atoms with Crippen molar-refractivity contribution in [3.8, 4) is 5.75 Å². The minimum absolute atomic E-state index is 0.0645. The van der Waals surface area contributed by atoms with Crippen molar-refractivity contribution >= 4 is 27.5 Å². The number of likely N-dealkylation sites (N-methyl/N-ethyl adjacent to an activating group) is 1. The average molecular weight is 524 g/mol. The Balaban J connectivity index is 2.05. The summed E-state index contributed by atoms with van der Waals surface area (Å²) in [6.07, 6.45) is 0.367. The number of carbonyl (C=O) groups is 2. The molecule has 0 saturated heterocycles. The molecular weight excluding hydrogens is 490 g/mol. The van der Waals surface area contributed by atoms with Crippen LogP contribution >= 0.6 is 0 Å². The average Bonchev–Trinajstić information content (AvgIpc) is 2.92. The lowest BCUT2D eigenvalue weighted by atomic mass is 10.1. The zero-order valence-electron chi connectivity index (χ0n) is 21.5. The molecule has 3 aromatic carbocycles. The number of amides is 2. The van der Waals surface area contributed by atoms with Crippen LogP contribution in [-0.4, -0.2) is 51.9 Å². The topological polar surface area (TPSA) is 96.0 Å². The zero-order valence-corrected chi connectivity index (χ0v) is 22.4. The van der Waals surface area contributed by atoms with Gasteiger partial charge in [0.25, 0.3) is 10.0 Å². The number of hydrogen-bond donors (Lipinski definition) is 1. The fourth-order valence-corrected chi connectivity index (χ4v) is 5.40. The van der Waals surface area contributed by atoms with Crippen LogP contribution in [0.5, 0.6) is 5.75 Å². The molecule has 0 saturated carbocycles. The molecule has 0 spiro atoms. The number of ether oxygens (including phenoxy) is 1. The van der Waals surface area contributed by atoms with Crippen LogP contribution in [-0.2, 0) is 26.2 Å². The number of carbonyl (C=O) groups excluding carboxylic acids is 2. The van der Waals surface area contributed by atoms with E-state index >= 15 is 0 Å². The third kappa shape index (κ3) is 6.68. The van der Waals surface area contributed by atoms with Crippen LogP contribution in [0.1, 0.15) is 24.5 Å². The molecule has 0 unspecified atom stereocenters. The Kier molecular flexibility index (Phi) is 9.30. The van der Waals surface area contributed by atoms with Crippen molar-refractivity contribution < 1.29 is 22.7 Å². The first-order valence-electron chi connectivity index (χ1n) is 12.0. The molecule has 0 bridgehead atoms. The van der Waals surface area contributed by atoms with E-state index in [0.717, 1.165) is 15.4 Å². The van der Waals surface area contributed by atoms with E-state index in [4.69, 9.17) is 4.74 Å². The molecule has 9 heteroatoms. The molecule has 0 aliphatic heterocycles. The van der Waals surface area contributed by atoms with Crippen LogP contribution in [0.4, 0.5) is 5.69 Å². The molecule has 3 aromatic rings. The molecule has 37 heavy (non-hydrogen) atoms. The first-order valence-corrected chi connectivity index (χ1v) is 13.4. The van der Waals surface area contributed by atoms with Gasteiger partial charge in [-0.15, -0.1) is 0 Å². The smallest absolute Gasteiger partial charge is 0.264 e. The first-order chi connectivity index (χ1) is 17.7. The number of methoxy groups -OCH3 is 1. The maximum atomic E-state index is 13.8.